The van der Waals surface area contributed by atoms with Gasteiger partial charge in [0, 0.05) is 11.5 Å². The number of aliphatic hydroxyl groups is 1. The molecule has 5 nitrogen and oxygen atoms in total. The van der Waals surface area contributed by atoms with E-state index in [0.717, 1.165) is 32.1 Å². The first kappa shape index (κ1) is 20.0. The number of hydrogen-bond donors (Lipinski definition) is 2. The maximum Gasteiger partial charge on any atom is 0.332 e. The average Bonchev–Trinajstić information content (AvgIpc) is 2.55. The predicted molar refractivity (Wildman–Crippen MR) is 108 cm³/mol. The van der Waals surface area contributed by atoms with Crippen LogP contribution in [-0.4, -0.2) is 35.6 Å². The largest absolute Gasteiger partial charge is 0.508 e. The van der Waals surface area contributed by atoms with Crippen LogP contribution in [-0.2, 0) is 14.6 Å². The average molecular weight is 409 g/mol. The normalized spacial score (nSPS) is 46.3. The molecular weight excluding hydrogens is 376 g/mol. The first-order valence-electron chi connectivity index (χ1n) is 10.4. The van der Waals surface area contributed by atoms with E-state index in [2.05, 4.69) is 27.7 Å². The summed E-state index contributed by atoms with van der Waals surface area (Å²) in [5.74, 6) is -1.51. The van der Waals surface area contributed by atoms with Gasteiger partial charge in [0.1, 0.15) is 5.76 Å². The van der Waals surface area contributed by atoms with E-state index in [0.29, 0.717) is 5.92 Å². The van der Waals surface area contributed by atoms with E-state index in [1.54, 1.807) is 0 Å². The van der Waals surface area contributed by atoms with E-state index >= 15 is 0 Å². The molecular formula is C22H32O5S. The van der Waals surface area contributed by atoms with Crippen molar-refractivity contribution in [1.82, 2.24) is 0 Å². The minimum atomic E-state index is -3.56. The van der Waals surface area contributed by atoms with E-state index in [1.165, 1.54) is 12.2 Å². The van der Waals surface area contributed by atoms with Gasteiger partial charge in [-0.05, 0) is 65.9 Å². The Morgan fingerprint density at radius 2 is 1.75 bits per heavy atom. The molecule has 0 amide bonds. The second-order valence-electron chi connectivity index (χ2n) is 10.8. The Morgan fingerprint density at radius 3 is 2.39 bits per heavy atom. The summed E-state index contributed by atoms with van der Waals surface area (Å²) in [4.78, 5) is 12.0. The lowest BCUT2D eigenvalue weighted by Gasteiger charge is -2.66. The van der Waals surface area contributed by atoms with Gasteiger partial charge in [-0.25, -0.2) is 13.2 Å². The van der Waals surface area contributed by atoms with E-state index in [-0.39, 0.29) is 33.8 Å². The molecule has 0 radical (unpaired) electrons. The molecule has 1 saturated heterocycles. The summed E-state index contributed by atoms with van der Waals surface area (Å²) in [6, 6.07) is 0. The molecule has 2 unspecified atom stereocenters. The SMILES string of the molecule is CC1(C)CCC[C@]2(C)[C@H]3CS(=O)(=O)C4C=C(O)C=C(C(=O)O)C4[C@]3(C)CC[C@@H]12. The molecule has 0 aromatic carbocycles. The van der Waals surface area contributed by atoms with Gasteiger partial charge in [-0.15, -0.1) is 0 Å². The summed E-state index contributed by atoms with van der Waals surface area (Å²) in [6.07, 6.45) is 7.72. The number of sulfone groups is 1. The predicted octanol–water partition coefficient (Wildman–Crippen LogP) is 4.12. The Balaban J connectivity index is 1.88. The van der Waals surface area contributed by atoms with Crippen LogP contribution in [0.2, 0.25) is 0 Å². The number of carboxylic acid groups (broad SMARTS) is 1. The Kier molecular flexibility index (Phi) is 4.19. The molecule has 1 heterocycles. The molecule has 28 heavy (non-hydrogen) atoms. The monoisotopic (exact) mass is 408 g/mol. The van der Waals surface area contributed by atoms with Crippen LogP contribution >= 0.6 is 0 Å². The zero-order chi connectivity index (χ0) is 20.7. The summed E-state index contributed by atoms with van der Waals surface area (Å²) in [5.41, 5.74) is -0.293. The number of hydrogen-bond acceptors (Lipinski definition) is 4. The van der Waals surface area contributed by atoms with Crippen LogP contribution in [0.5, 0.6) is 0 Å². The van der Waals surface area contributed by atoms with Crippen molar-refractivity contribution in [1.29, 1.82) is 0 Å². The third-order valence-corrected chi connectivity index (χ3v) is 10.9. The van der Waals surface area contributed by atoms with Crippen molar-refractivity contribution in [2.24, 2.45) is 34.0 Å². The molecule has 1 aliphatic heterocycles. The molecule has 3 fully saturated rings. The minimum Gasteiger partial charge on any atom is -0.508 e. The fraction of sp³-hybridized carbons (Fsp3) is 0.773. The first-order valence-corrected chi connectivity index (χ1v) is 12.1. The lowest BCUT2D eigenvalue weighted by Crippen LogP contribution is -2.64. The number of fused-ring (bicyclic) bond motifs is 5. The molecule has 2 saturated carbocycles. The highest BCUT2D eigenvalue weighted by molar-refractivity contribution is 7.92. The number of carbonyl (C=O) groups is 1. The van der Waals surface area contributed by atoms with Crippen molar-refractivity contribution in [2.45, 2.75) is 65.0 Å². The van der Waals surface area contributed by atoms with Gasteiger partial charge < -0.3 is 10.2 Å². The Labute approximate surface area is 167 Å². The molecule has 6 heteroatoms. The topological polar surface area (TPSA) is 91.7 Å². The molecule has 0 aromatic heterocycles. The summed E-state index contributed by atoms with van der Waals surface area (Å²) in [5, 5.41) is 18.9. The number of allylic oxidation sites excluding steroid dienone is 1. The molecule has 4 rings (SSSR count). The lowest BCUT2D eigenvalue weighted by molar-refractivity contribution is -0.145. The van der Waals surface area contributed by atoms with Gasteiger partial charge >= 0.3 is 5.97 Å². The standard InChI is InChI=1S/C22H32O5S/c1-20(2)7-5-8-21(3)16(20)6-9-22(4)17(21)12-28(26,27)15-11-13(23)10-14(18(15)22)19(24)25/h10-11,15-18,23H,5-9,12H2,1-4H3,(H,24,25)/t15?,16-,17+,18?,21-,22+/m0/s1. The van der Waals surface area contributed by atoms with Crippen molar-refractivity contribution in [3.63, 3.8) is 0 Å². The van der Waals surface area contributed by atoms with Gasteiger partial charge in [-0.1, -0.05) is 34.1 Å². The summed E-state index contributed by atoms with van der Waals surface area (Å²) >= 11 is 0. The van der Waals surface area contributed by atoms with E-state index in [9.17, 15) is 23.4 Å². The van der Waals surface area contributed by atoms with Gasteiger partial charge in [0.05, 0.1) is 11.0 Å². The van der Waals surface area contributed by atoms with Crippen LogP contribution in [0, 0.1) is 34.0 Å². The number of rotatable bonds is 1. The van der Waals surface area contributed by atoms with Crippen LogP contribution in [0.4, 0.5) is 0 Å². The fourth-order valence-electron chi connectivity index (χ4n) is 7.76. The Bertz CT molecular complexity index is 883. The van der Waals surface area contributed by atoms with Gasteiger partial charge in [-0.3, -0.25) is 0 Å². The maximum atomic E-state index is 13.3. The number of aliphatic carboxylic acids is 1. The molecule has 0 spiro atoms. The zero-order valence-corrected chi connectivity index (χ0v) is 18.1. The van der Waals surface area contributed by atoms with Gasteiger partial charge in [-0.2, -0.15) is 0 Å². The van der Waals surface area contributed by atoms with Crippen LogP contribution in [0.15, 0.2) is 23.5 Å². The van der Waals surface area contributed by atoms with E-state index < -0.39 is 32.4 Å². The second kappa shape index (κ2) is 5.87. The molecule has 6 atom stereocenters. The van der Waals surface area contributed by atoms with Gasteiger partial charge in [0.2, 0.25) is 0 Å². The van der Waals surface area contributed by atoms with Crippen LogP contribution in [0.25, 0.3) is 0 Å². The van der Waals surface area contributed by atoms with E-state index in [4.69, 9.17) is 0 Å². The Hall–Kier alpha value is -1.30. The summed E-state index contributed by atoms with van der Waals surface area (Å²) in [7, 11) is -3.56. The molecule has 0 bridgehead atoms. The third kappa shape index (κ3) is 2.55. The number of carboxylic acids is 1. The first-order chi connectivity index (χ1) is 12.8. The second-order valence-corrected chi connectivity index (χ2v) is 13.0. The van der Waals surface area contributed by atoms with E-state index in [1.807, 2.05) is 0 Å². The quantitative estimate of drug-likeness (QED) is 0.681. The van der Waals surface area contributed by atoms with Crippen LogP contribution in [0.1, 0.15) is 59.8 Å². The van der Waals surface area contributed by atoms with Crippen molar-refractivity contribution in [2.75, 3.05) is 5.75 Å². The summed E-state index contributed by atoms with van der Waals surface area (Å²) < 4.78 is 26.7. The van der Waals surface area contributed by atoms with Crippen molar-refractivity contribution in [3.05, 3.63) is 23.5 Å². The Morgan fingerprint density at radius 1 is 1.07 bits per heavy atom. The highest BCUT2D eigenvalue weighted by Gasteiger charge is 2.66. The van der Waals surface area contributed by atoms with Crippen molar-refractivity contribution >= 4 is 15.8 Å². The highest BCUT2D eigenvalue weighted by Crippen LogP contribution is 2.69. The molecule has 0 aromatic rings. The molecule has 3 aliphatic carbocycles. The lowest BCUT2D eigenvalue weighted by atomic mass is 9.41. The zero-order valence-electron chi connectivity index (χ0n) is 17.2. The van der Waals surface area contributed by atoms with Crippen molar-refractivity contribution in [3.8, 4) is 0 Å². The molecule has 2 N–H and O–H groups in total. The van der Waals surface area contributed by atoms with Crippen LogP contribution in [0.3, 0.4) is 0 Å². The molecule has 156 valence electrons. The van der Waals surface area contributed by atoms with Gasteiger partial charge in [0.25, 0.3) is 0 Å². The smallest absolute Gasteiger partial charge is 0.332 e. The summed E-state index contributed by atoms with van der Waals surface area (Å²) in [6.45, 7) is 8.99. The number of aliphatic hydroxyl groups excluding tert-OH is 1. The minimum absolute atomic E-state index is 0.0536. The van der Waals surface area contributed by atoms with Crippen molar-refractivity contribution < 1.29 is 23.4 Å². The van der Waals surface area contributed by atoms with Gasteiger partial charge in [0.15, 0.2) is 9.84 Å². The third-order valence-electron chi connectivity index (χ3n) is 8.91. The van der Waals surface area contributed by atoms with Crippen LogP contribution < -0.4 is 0 Å². The maximum absolute atomic E-state index is 13.3. The molecule has 4 aliphatic rings. The highest BCUT2D eigenvalue weighted by atomic mass is 32.2. The fourth-order valence-corrected chi connectivity index (χ4v) is 10.4.